The molecule has 0 spiro atoms. The van der Waals surface area contributed by atoms with Crippen LogP contribution in [0, 0.1) is 6.92 Å². The van der Waals surface area contributed by atoms with E-state index >= 15 is 0 Å². The van der Waals surface area contributed by atoms with E-state index in [0.717, 1.165) is 48.3 Å². The molecule has 1 saturated heterocycles. The minimum atomic E-state index is 0.146. The van der Waals surface area contributed by atoms with Gasteiger partial charge in [0.2, 0.25) is 0 Å². The second-order valence-electron chi connectivity index (χ2n) is 8.50. The third-order valence-corrected chi connectivity index (χ3v) is 6.25. The van der Waals surface area contributed by atoms with E-state index in [1.807, 2.05) is 28.9 Å². The molecular weight excluding hydrogens is 374 g/mol. The largest absolute Gasteiger partial charge is 0.376 e. The molecule has 3 heterocycles. The number of hydrogen-bond acceptors (Lipinski definition) is 3. The number of benzene rings is 2. The Hall–Kier alpha value is -2.92. The fourth-order valence-electron chi connectivity index (χ4n) is 4.54. The number of carbonyl (C=O) groups is 1. The third-order valence-electron chi connectivity index (χ3n) is 6.25. The number of fused-ring (bicyclic) bond motifs is 1. The molecule has 0 radical (unpaired) electrons. The lowest BCUT2D eigenvalue weighted by Crippen LogP contribution is -2.32. The van der Waals surface area contributed by atoms with Crippen molar-refractivity contribution >= 4 is 5.91 Å². The predicted octanol–water partition coefficient (Wildman–Crippen LogP) is 4.12. The predicted molar refractivity (Wildman–Crippen MR) is 116 cm³/mol. The minimum absolute atomic E-state index is 0.146. The van der Waals surface area contributed by atoms with Crippen LogP contribution in [0.2, 0.25) is 0 Å². The number of aryl methyl sites for hydroxylation is 2. The maximum absolute atomic E-state index is 13.0. The van der Waals surface area contributed by atoms with Crippen LogP contribution in [0.3, 0.4) is 0 Å². The maximum Gasteiger partial charge on any atom is 0.254 e. The van der Waals surface area contributed by atoms with Gasteiger partial charge in [0, 0.05) is 44.1 Å². The molecule has 1 atom stereocenters. The van der Waals surface area contributed by atoms with Crippen molar-refractivity contribution in [2.75, 3.05) is 13.2 Å². The quantitative estimate of drug-likeness (QED) is 0.646. The van der Waals surface area contributed by atoms with Crippen molar-refractivity contribution in [2.24, 2.45) is 7.05 Å². The van der Waals surface area contributed by atoms with E-state index in [0.29, 0.717) is 13.1 Å². The van der Waals surface area contributed by atoms with Gasteiger partial charge >= 0.3 is 0 Å². The van der Waals surface area contributed by atoms with Crippen LogP contribution in [0.4, 0.5) is 0 Å². The Balaban J connectivity index is 1.33. The molecule has 0 saturated carbocycles. The highest BCUT2D eigenvalue weighted by Gasteiger charge is 2.31. The van der Waals surface area contributed by atoms with E-state index in [4.69, 9.17) is 4.74 Å². The van der Waals surface area contributed by atoms with Crippen molar-refractivity contribution in [1.29, 1.82) is 0 Å². The minimum Gasteiger partial charge on any atom is -0.376 e. The van der Waals surface area contributed by atoms with Gasteiger partial charge in [0.15, 0.2) is 0 Å². The molecule has 30 heavy (non-hydrogen) atoms. The summed E-state index contributed by atoms with van der Waals surface area (Å²) in [4.78, 5) is 14.9. The molecule has 5 heteroatoms. The molecule has 3 aromatic rings. The Kier molecular flexibility index (Phi) is 4.91. The van der Waals surface area contributed by atoms with E-state index in [-0.39, 0.29) is 12.0 Å². The van der Waals surface area contributed by atoms with Gasteiger partial charge in [0.1, 0.15) is 0 Å². The second kappa shape index (κ2) is 7.73. The van der Waals surface area contributed by atoms with Crippen LogP contribution in [-0.4, -0.2) is 39.8 Å². The molecule has 1 amide bonds. The summed E-state index contributed by atoms with van der Waals surface area (Å²) in [6.07, 6.45) is 5.12. The van der Waals surface area contributed by atoms with Crippen LogP contribution in [0.25, 0.3) is 11.3 Å². The summed E-state index contributed by atoms with van der Waals surface area (Å²) in [5.74, 6) is 0.146. The Labute approximate surface area is 177 Å². The van der Waals surface area contributed by atoms with Gasteiger partial charge in [-0.3, -0.25) is 9.48 Å². The van der Waals surface area contributed by atoms with Gasteiger partial charge in [-0.05, 0) is 60.6 Å². The monoisotopic (exact) mass is 401 g/mol. The molecule has 2 aliphatic rings. The zero-order valence-electron chi connectivity index (χ0n) is 17.6. The molecule has 5 rings (SSSR count). The summed E-state index contributed by atoms with van der Waals surface area (Å²) >= 11 is 0. The lowest BCUT2D eigenvalue weighted by molar-refractivity contribution is 0.0545. The van der Waals surface area contributed by atoms with Crippen molar-refractivity contribution in [3.05, 3.63) is 76.5 Å². The number of rotatable bonds is 5. The summed E-state index contributed by atoms with van der Waals surface area (Å²) < 4.78 is 7.55. The van der Waals surface area contributed by atoms with Crippen molar-refractivity contribution in [2.45, 2.75) is 38.8 Å². The molecule has 0 bridgehead atoms. The summed E-state index contributed by atoms with van der Waals surface area (Å²) in [6.45, 7) is 4.37. The lowest BCUT2D eigenvalue weighted by atomic mass is 9.95. The molecule has 1 unspecified atom stereocenters. The summed E-state index contributed by atoms with van der Waals surface area (Å²) in [5.41, 5.74) is 7.79. The Morgan fingerprint density at radius 1 is 1.17 bits per heavy atom. The summed E-state index contributed by atoms with van der Waals surface area (Å²) in [5, 5.41) is 4.47. The number of aromatic nitrogens is 2. The van der Waals surface area contributed by atoms with Crippen molar-refractivity contribution in [3.8, 4) is 11.3 Å². The molecule has 1 aromatic heterocycles. The highest BCUT2D eigenvalue weighted by Crippen LogP contribution is 2.29. The number of nitrogens with zero attached hydrogens (tertiary/aromatic N) is 3. The van der Waals surface area contributed by atoms with Crippen LogP contribution in [-0.2, 0) is 24.8 Å². The molecule has 154 valence electrons. The first kappa shape index (κ1) is 19.1. The van der Waals surface area contributed by atoms with Crippen LogP contribution in [0.1, 0.15) is 45.5 Å². The standard InChI is InChI=1S/C25H27N3O2/c1-17-12-21-15-28(16-22-4-3-11-30-22)25(29)23(21)14-20(17)13-18-5-7-19(8-6-18)24-9-10-27(2)26-24/h5-10,12,14,22H,3-4,11,13,15-16H2,1-2H3. The molecule has 0 aliphatic carbocycles. The van der Waals surface area contributed by atoms with E-state index in [2.05, 4.69) is 48.4 Å². The normalized spacial score (nSPS) is 18.3. The van der Waals surface area contributed by atoms with Gasteiger partial charge in [-0.15, -0.1) is 0 Å². The number of hydrogen-bond donors (Lipinski definition) is 0. The fourth-order valence-corrected chi connectivity index (χ4v) is 4.54. The molecular formula is C25H27N3O2. The number of carbonyl (C=O) groups excluding carboxylic acids is 1. The number of amides is 1. The first-order valence-electron chi connectivity index (χ1n) is 10.7. The van der Waals surface area contributed by atoms with Crippen molar-refractivity contribution in [3.63, 3.8) is 0 Å². The van der Waals surface area contributed by atoms with E-state index in [9.17, 15) is 4.79 Å². The molecule has 2 aromatic carbocycles. The van der Waals surface area contributed by atoms with Crippen molar-refractivity contribution in [1.82, 2.24) is 14.7 Å². The smallest absolute Gasteiger partial charge is 0.254 e. The molecule has 5 nitrogen and oxygen atoms in total. The maximum atomic E-state index is 13.0. The fraction of sp³-hybridized carbons (Fsp3) is 0.360. The van der Waals surface area contributed by atoms with Gasteiger partial charge in [-0.25, -0.2) is 0 Å². The van der Waals surface area contributed by atoms with Crippen LogP contribution in [0.15, 0.2) is 48.7 Å². The molecule has 0 N–H and O–H groups in total. The highest BCUT2D eigenvalue weighted by molar-refractivity contribution is 5.98. The molecule has 1 fully saturated rings. The van der Waals surface area contributed by atoms with Crippen molar-refractivity contribution < 1.29 is 9.53 Å². The SMILES string of the molecule is Cc1cc2c(cc1Cc1ccc(-c3ccn(C)n3)cc1)C(=O)N(CC1CCCO1)C2. The Morgan fingerprint density at radius 2 is 2.00 bits per heavy atom. The van der Waals surface area contributed by atoms with Crippen LogP contribution < -0.4 is 0 Å². The lowest BCUT2D eigenvalue weighted by Gasteiger charge is -2.19. The first-order chi connectivity index (χ1) is 14.6. The third kappa shape index (κ3) is 3.65. The average Bonchev–Trinajstić information content (AvgIpc) is 3.46. The Morgan fingerprint density at radius 3 is 2.70 bits per heavy atom. The average molecular weight is 402 g/mol. The summed E-state index contributed by atoms with van der Waals surface area (Å²) in [6, 6.07) is 14.9. The summed E-state index contributed by atoms with van der Waals surface area (Å²) in [7, 11) is 1.93. The van der Waals surface area contributed by atoms with E-state index in [1.165, 1.54) is 16.7 Å². The van der Waals surface area contributed by atoms with E-state index in [1.54, 1.807) is 0 Å². The topological polar surface area (TPSA) is 47.4 Å². The van der Waals surface area contributed by atoms with Gasteiger partial charge in [0.25, 0.3) is 5.91 Å². The Bertz CT molecular complexity index is 1080. The van der Waals surface area contributed by atoms with Crippen LogP contribution in [0.5, 0.6) is 0 Å². The zero-order valence-corrected chi connectivity index (χ0v) is 17.6. The van der Waals surface area contributed by atoms with Gasteiger partial charge in [-0.2, -0.15) is 5.10 Å². The molecule has 2 aliphatic heterocycles. The first-order valence-corrected chi connectivity index (χ1v) is 10.7. The van der Waals surface area contributed by atoms with Crippen LogP contribution >= 0.6 is 0 Å². The van der Waals surface area contributed by atoms with Gasteiger partial charge in [0.05, 0.1) is 11.8 Å². The second-order valence-corrected chi connectivity index (χ2v) is 8.50. The zero-order chi connectivity index (χ0) is 20.7. The highest BCUT2D eigenvalue weighted by atomic mass is 16.5. The van der Waals surface area contributed by atoms with Gasteiger partial charge < -0.3 is 9.64 Å². The number of ether oxygens (including phenoxy) is 1. The van der Waals surface area contributed by atoms with Gasteiger partial charge in [-0.1, -0.05) is 30.3 Å². The van der Waals surface area contributed by atoms with E-state index < -0.39 is 0 Å².